The van der Waals surface area contributed by atoms with E-state index >= 15 is 0 Å². The Balaban J connectivity index is 0.968. The second-order valence-electron chi connectivity index (χ2n) is 16.9. The van der Waals surface area contributed by atoms with Gasteiger partial charge in [0.25, 0.3) is 0 Å². The summed E-state index contributed by atoms with van der Waals surface area (Å²) in [6.45, 7) is 4.60. The van der Waals surface area contributed by atoms with Crippen molar-refractivity contribution in [2.45, 2.75) is 194 Å². The van der Waals surface area contributed by atoms with Crippen LogP contribution in [0.25, 0.3) is 54.3 Å². The largest absolute Gasteiger partial charge is 0.461 e. The van der Waals surface area contributed by atoms with E-state index in [4.69, 9.17) is 8.83 Å². The fourth-order valence-corrected chi connectivity index (χ4v) is 8.94. The van der Waals surface area contributed by atoms with Gasteiger partial charge in [0.2, 0.25) is 0 Å². The SMILES string of the molecule is CCCCCCCCCCCCCCCc1cc2cc3ccc4c5cc6oc(CCCCCCCCCCCCCCC)cc6cc5ccc4c3cc2o1. The quantitative estimate of drug-likeness (QED) is 0.0371. The monoisotopic (exact) mass is 729 g/mol. The predicted molar refractivity (Wildman–Crippen MR) is 237 cm³/mol. The summed E-state index contributed by atoms with van der Waals surface area (Å²) in [6, 6.07) is 23.0. The second kappa shape index (κ2) is 22.3. The lowest BCUT2D eigenvalue weighted by molar-refractivity contribution is 0.513. The number of hydrogen-bond donors (Lipinski definition) is 0. The minimum Gasteiger partial charge on any atom is -0.461 e. The maximum absolute atomic E-state index is 6.45. The summed E-state index contributed by atoms with van der Waals surface area (Å²) >= 11 is 0. The maximum atomic E-state index is 6.45. The number of furan rings is 2. The molecule has 54 heavy (non-hydrogen) atoms. The van der Waals surface area contributed by atoms with E-state index in [0.29, 0.717) is 0 Å². The van der Waals surface area contributed by atoms with Gasteiger partial charge in [-0.15, -0.1) is 0 Å². The van der Waals surface area contributed by atoms with Gasteiger partial charge in [0, 0.05) is 23.6 Å². The third-order valence-corrected chi connectivity index (χ3v) is 12.3. The topological polar surface area (TPSA) is 26.3 Å². The fourth-order valence-electron chi connectivity index (χ4n) is 8.94. The molecular formula is C52H72O2. The Bertz CT molecular complexity index is 1830. The smallest absolute Gasteiger partial charge is 0.134 e. The van der Waals surface area contributed by atoms with Gasteiger partial charge in [-0.25, -0.2) is 0 Å². The number of benzene rings is 4. The molecule has 0 saturated carbocycles. The summed E-state index contributed by atoms with van der Waals surface area (Å²) in [7, 11) is 0. The standard InChI is InChI=1S/C52H72O2/c1-3-5-7-9-11-13-15-17-19-21-23-25-27-29-45-37-43-35-41-31-33-48-47(49(41)39-51(43)53-45)34-32-42-36-44-38-46(54-52(44)40-50(42)48)30-28-26-24-22-20-18-16-14-12-10-8-6-4-2/h31-40H,3-30H2,1-2H3. The normalized spacial score (nSPS) is 12.1. The molecule has 292 valence electrons. The van der Waals surface area contributed by atoms with E-state index < -0.39 is 0 Å². The van der Waals surface area contributed by atoms with Crippen molar-refractivity contribution in [3.8, 4) is 0 Å². The molecule has 0 aliphatic heterocycles. The van der Waals surface area contributed by atoms with Gasteiger partial charge in [-0.05, 0) is 81.6 Å². The Labute approximate surface area is 327 Å². The lowest BCUT2D eigenvalue weighted by atomic mass is 9.96. The van der Waals surface area contributed by atoms with E-state index in [2.05, 4.69) is 74.5 Å². The Kier molecular flexibility index (Phi) is 16.7. The first kappa shape index (κ1) is 40.4. The predicted octanol–water partition coefficient (Wildman–Crippen LogP) is 17.9. The molecule has 0 aliphatic rings. The summed E-state index contributed by atoms with van der Waals surface area (Å²) < 4.78 is 12.9. The summed E-state index contributed by atoms with van der Waals surface area (Å²) in [5, 5.41) is 10.1. The van der Waals surface area contributed by atoms with Crippen LogP contribution in [0.5, 0.6) is 0 Å². The van der Waals surface area contributed by atoms with Gasteiger partial charge < -0.3 is 8.83 Å². The number of unbranched alkanes of at least 4 members (excludes halogenated alkanes) is 24. The zero-order chi connectivity index (χ0) is 37.2. The molecule has 0 saturated heterocycles. The average molecular weight is 729 g/mol. The van der Waals surface area contributed by atoms with E-state index in [1.807, 2.05) is 0 Å². The summed E-state index contributed by atoms with van der Waals surface area (Å²) in [6.07, 6.45) is 38.1. The number of rotatable bonds is 28. The molecule has 6 rings (SSSR count). The Morgan fingerprint density at radius 3 is 0.944 bits per heavy atom. The van der Waals surface area contributed by atoms with Crippen molar-refractivity contribution in [3.63, 3.8) is 0 Å². The lowest BCUT2D eigenvalue weighted by Gasteiger charge is -2.08. The highest BCUT2D eigenvalue weighted by atomic mass is 16.3. The molecular weight excluding hydrogens is 657 g/mol. The van der Waals surface area contributed by atoms with Crippen molar-refractivity contribution in [1.29, 1.82) is 0 Å². The van der Waals surface area contributed by atoms with Crippen LogP contribution >= 0.6 is 0 Å². The van der Waals surface area contributed by atoms with E-state index in [9.17, 15) is 0 Å². The first-order valence-corrected chi connectivity index (χ1v) is 23.0. The molecule has 0 radical (unpaired) electrons. The van der Waals surface area contributed by atoms with Gasteiger partial charge in [0.1, 0.15) is 22.7 Å². The van der Waals surface area contributed by atoms with Crippen LogP contribution in [-0.4, -0.2) is 0 Å². The van der Waals surface area contributed by atoms with Gasteiger partial charge in [-0.2, -0.15) is 0 Å². The molecule has 2 heterocycles. The van der Waals surface area contributed by atoms with Gasteiger partial charge in [-0.3, -0.25) is 0 Å². The van der Waals surface area contributed by atoms with Crippen LogP contribution in [0.3, 0.4) is 0 Å². The molecule has 0 bridgehead atoms. The number of fused-ring (bicyclic) bond motifs is 7. The third kappa shape index (κ3) is 11.9. The Morgan fingerprint density at radius 2 is 0.611 bits per heavy atom. The van der Waals surface area contributed by atoms with Crippen LogP contribution < -0.4 is 0 Å². The zero-order valence-electron chi connectivity index (χ0n) is 34.4. The molecule has 0 aliphatic carbocycles. The molecule has 2 heteroatoms. The molecule has 0 fully saturated rings. The lowest BCUT2D eigenvalue weighted by Crippen LogP contribution is -1.85. The molecule has 2 nitrogen and oxygen atoms in total. The van der Waals surface area contributed by atoms with Crippen molar-refractivity contribution >= 4 is 54.3 Å². The van der Waals surface area contributed by atoms with Crippen LogP contribution in [0, 0.1) is 0 Å². The minimum absolute atomic E-state index is 1.01. The second-order valence-corrected chi connectivity index (χ2v) is 16.9. The summed E-state index contributed by atoms with van der Waals surface area (Å²) in [5.74, 6) is 2.26. The van der Waals surface area contributed by atoms with E-state index in [1.54, 1.807) is 0 Å². The maximum Gasteiger partial charge on any atom is 0.134 e. The Morgan fingerprint density at radius 1 is 0.296 bits per heavy atom. The van der Waals surface area contributed by atoms with Gasteiger partial charge >= 0.3 is 0 Å². The molecule has 6 aromatic rings. The minimum atomic E-state index is 1.01. The molecule has 0 N–H and O–H groups in total. The number of hydrogen-bond acceptors (Lipinski definition) is 2. The van der Waals surface area contributed by atoms with E-state index in [-0.39, 0.29) is 0 Å². The Hall–Kier alpha value is -3.26. The zero-order valence-corrected chi connectivity index (χ0v) is 34.4. The van der Waals surface area contributed by atoms with Crippen LogP contribution in [-0.2, 0) is 12.8 Å². The van der Waals surface area contributed by atoms with Gasteiger partial charge in [0.15, 0.2) is 0 Å². The van der Waals surface area contributed by atoms with Gasteiger partial charge in [0.05, 0.1) is 0 Å². The van der Waals surface area contributed by atoms with Crippen molar-refractivity contribution in [2.75, 3.05) is 0 Å². The van der Waals surface area contributed by atoms with Crippen molar-refractivity contribution in [2.24, 2.45) is 0 Å². The number of aryl methyl sites for hydroxylation is 2. The molecule has 4 aromatic carbocycles. The van der Waals surface area contributed by atoms with Crippen molar-refractivity contribution in [3.05, 3.63) is 72.2 Å². The highest BCUT2D eigenvalue weighted by Crippen LogP contribution is 2.37. The first-order chi connectivity index (χ1) is 26.7. The van der Waals surface area contributed by atoms with Crippen LogP contribution in [0.1, 0.15) is 192 Å². The highest BCUT2D eigenvalue weighted by molar-refractivity contribution is 6.20. The van der Waals surface area contributed by atoms with Crippen LogP contribution in [0.2, 0.25) is 0 Å². The molecule has 0 spiro atoms. The fraction of sp³-hybridized carbons (Fsp3) is 0.577. The summed E-state index contributed by atoms with van der Waals surface area (Å²) in [5.41, 5.74) is 2.03. The van der Waals surface area contributed by atoms with E-state index in [0.717, 1.165) is 35.5 Å². The molecule has 0 unspecified atom stereocenters. The van der Waals surface area contributed by atoms with Crippen LogP contribution in [0.4, 0.5) is 0 Å². The van der Waals surface area contributed by atoms with Crippen molar-refractivity contribution in [1.82, 2.24) is 0 Å². The average Bonchev–Trinajstić information content (AvgIpc) is 3.78. The third-order valence-electron chi connectivity index (χ3n) is 12.3. The van der Waals surface area contributed by atoms with Crippen molar-refractivity contribution < 1.29 is 8.83 Å². The van der Waals surface area contributed by atoms with Crippen LogP contribution in [0.15, 0.2) is 69.5 Å². The van der Waals surface area contributed by atoms with Gasteiger partial charge in [-0.1, -0.05) is 192 Å². The summed E-state index contributed by atoms with van der Waals surface area (Å²) in [4.78, 5) is 0. The molecule has 0 atom stereocenters. The highest BCUT2D eigenvalue weighted by Gasteiger charge is 2.12. The molecule has 2 aromatic heterocycles. The molecule has 0 amide bonds. The van der Waals surface area contributed by atoms with E-state index in [1.165, 1.54) is 210 Å². The first-order valence-electron chi connectivity index (χ1n) is 23.0.